The average molecular weight is 415 g/mol. The maximum absolute atomic E-state index is 10.5. The highest BCUT2D eigenvalue weighted by atomic mass is 16.3. The first-order valence-corrected chi connectivity index (χ1v) is 13.9. The fourth-order valence-electron chi connectivity index (χ4n) is 10.8. The van der Waals surface area contributed by atoms with Gasteiger partial charge in [-0.25, -0.2) is 0 Å². The summed E-state index contributed by atoms with van der Waals surface area (Å²) >= 11 is 0. The van der Waals surface area contributed by atoms with E-state index in [4.69, 9.17) is 0 Å². The van der Waals surface area contributed by atoms with E-state index in [1.54, 1.807) is 0 Å². The monoisotopic (exact) mass is 414 g/mol. The first-order chi connectivity index (χ1) is 14.2. The Morgan fingerprint density at radius 2 is 1.70 bits per heavy atom. The van der Waals surface area contributed by atoms with Gasteiger partial charge in [0, 0.05) is 0 Å². The molecule has 1 nitrogen and oxygen atoms in total. The zero-order valence-electron chi connectivity index (χ0n) is 20.8. The molecule has 7 unspecified atom stereocenters. The van der Waals surface area contributed by atoms with E-state index in [1.165, 1.54) is 77.0 Å². The second kappa shape index (κ2) is 7.23. The van der Waals surface area contributed by atoms with Crippen molar-refractivity contribution in [3.8, 4) is 0 Å². The van der Waals surface area contributed by atoms with Crippen molar-refractivity contribution in [1.82, 2.24) is 0 Å². The number of hydrogen-bond acceptors (Lipinski definition) is 1. The smallest absolute Gasteiger partial charge is 0.0543 e. The largest absolute Gasteiger partial charge is 0.393 e. The van der Waals surface area contributed by atoms with Crippen LogP contribution in [0, 0.1) is 51.2 Å². The van der Waals surface area contributed by atoms with Gasteiger partial charge in [0.15, 0.2) is 0 Å². The molecule has 0 aliphatic heterocycles. The molecular formula is C29H50O. The van der Waals surface area contributed by atoms with Crippen molar-refractivity contribution >= 4 is 0 Å². The molecule has 0 aromatic rings. The summed E-state index contributed by atoms with van der Waals surface area (Å²) in [5.74, 6) is 4.81. The molecule has 0 aromatic heterocycles. The van der Waals surface area contributed by atoms with Crippen LogP contribution in [0.3, 0.4) is 0 Å². The number of rotatable bonds is 6. The van der Waals surface area contributed by atoms with Gasteiger partial charge >= 0.3 is 0 Å². The fourth-order valence-corrected chi connectivity index (χ4v) is 10.8. The van der Waals surface area contributed by atoms with Crippen LogP contribution in [0.2, 0.25) is 0 Å². The van der Waals surface area contributed by atoms with E-state index in [2.05, 4.69) is 34.6 Å². The number of aliphatic hydroxyl groups excluding tert-OH is 1. The average Bonchev–Trinajstić information content (AvgIpc) is 2.90. The van der Waals surface area contributed by atoms with Crippen molar-refractivity contribution in [2.45, 2.75) is 131 Å². The second-order valence-corrected chi connectivity index (χ2v) is 14.1. The van der Waals surface area contributed by atoms with Crippen molar-refractivity contribution in [3.63, 3.8) is 0 Å². The number of fused-ring (bicyclic) bond motifs is 1. The molecule has 0 amide bonds. The molecule has 9 atom stereocenters. The van der Waals surface area contributed by atoms with Gasteiger partial charge in [-0.1, -0.05) is 60.3 Å². The van der Waals surface area contributed by atoms with Crippen LogP contribution in [-0.2, 0) is 0 Å². The lowest BCUT2D eigenvalue weighted by Crippen LogP contribution is -2.39. The van der Waals surface area contributed by atoms with Gasteiger partial charge in [-0.05, 0) is 115 Å². The first-order valence-electron chi connectivity index (χ1n) is 13.9. The van der Waals surface area contributed by atoms with Gasteiger partial charge in [0.2, 0.25) is 0 Å². The second-order valence-electron chi connectivity index (χ2n) is 14.1. The molecule has 30 heavy (non-hydrogen) atoms. The van der Waals surface area contributed by atoms with E-state index in [9.17, 15) is 5.11 Å². The van der Waals surface area contributed by atoms with E-state index in [1.807, 2.05) is 0 Å². The fraction of sp³-hybridized carbons (Fsp3) is 1.00. The summed E-state index contributed by atoms with van der Waals surface area (Å²) in [6, 6.07) is 0. The van der Waals surface area contributed by atoms with Gasteiger partial charge in [-0.3, -0.25) is 0 Å². The van der Waals surface area contributed by atoms with Crippen molar-refractivity contribution in [2.75, 3.05) is 0 Å². The Labute approximate surface area is 187 Å². The third-order valence-corrected chi connectivity index (χ3v) is 11.9. The molecule has 0 aromatic carbocycles. The molecule has 5 aliphatic carbocycles. The first kappa shape index (κ1) is 21.8. The summed E-state index contributed by atoms with van der Waals surface area (Å²) in [5, 5.41) is 10.5. The normalized spacial score (nSPS) is 51.8. The van der Waals surface area contributed by atoms with Crippen LogP contribution in [-0.4, -0.2) is 11.2 Å². The highest BCUT2D eigenvalue weighted by Crippen LogP contribution is 2.92. The van der Waals surface area contributed by atoms with Gasteiger partial charge in [-0.15, -0.1) is 0 Å². The maximum Gasteiger partial charge on any atom is 0.0543 e. The highest BCUT2D eigenvalue weighted by Gasteiger charge is 2.87. The van der Waals surface area contributed by atoms with E-state index in [0.29, 0.717) is 21.7 Å². The Hall–Kier alpha value is -0.0400. The Kier molecular flexibility index (Phi) is 5.25. The quantitative estimate of drug-likeness (QED) is 0.436. The molecule has 2 spiro atoms. The molecule has 5 saturated carbocycles. The van der Waals surface area contributed by atoms with Gasteiger partial charge in [0.1, 0.15) is 0 Å². The third kappa shape index (κ3) is 2.88. The summed E-state index contributed by atoms with van der Waals surface area (Å²) in [6.07, 6.45) is 19.8. The standard InChI is InChI=1S/C29H50O/c1-6-20-19-29-24-12-11-21(10-8-7-9-15-26(2,3)4)27(24,5)16-14-25(29)28(29)17-13-22(30)18-23(20)28/h20-25,30H,6-19H2,1-5H3/t20-,21?,22+,23?,24?,25?,27?,28?,29?/m0/s1. The lowest BCUT2D eigenvalue weighted by atomic mass is 9.59. The summed E-state index contributed by atoms with van der Waals surface area (Å²) in [6.45, 7) is 12.4. The number of aliphatic hydroxyl groups is 1. The molecule has 0 heterocycles. The van der Waals surface area contributed by atoms with Crippen LogP contribution < -0.4 is 0 Å². The Balaban J connectivity index is 1.29. The SMILES string of the molecule is CC[C@H]1CC23C4CCC(CCCCCC(C)(C)C)C4(C)CCC2C32CC[C@@H](O)CC12. The zero-order valence-corrected chi connectivity index (χ0v) is 20.8. The summed E-state index contributed by atoms with van der Waals surface area (Å²) in [4.78, 5) is 0. The lowest BCUT2D eigenvalue weighted by molar-refractivity contribution is 0.0250. The van der Waals surface area contributed by atoms with Crippen molar-refractivity contribution < 1.29 is 5.11 Å². The molecule has 0 saturated heterocycles. The predicted octanol–water partition coefficient (Wildman–Crippen LogP) is 8.00. The Bertz CT molecular complexity index is 647. The van der Waals surface area contributed by atoms with Crippen LogP contribution in [0.1, 0.15) is 125 Å². The Morgan fingerprint density at radius 1 is 0.900 bits per heavy atom. The number of unbranched alkanes of at least 4 members (excludes halogenated alkanes) is 2. The molecular weight excluding hydrogens is 364 g/mol. The number of hydrogen-bond donors (Lipinski definition) is 1. The van der Waals surface area contributed by atoms with Crippen LogP contribution in [0.15, 0.2) is 0 Å². The van der Waals surface area contributed by atoms with Gasteiger partial charge in [0.05, 0.1) is 6.10 Å². The van der Waals surface area contributed by atoms with Crippen molar-refractivity contribution in [1.29, 1.82) is 0 Å². The van der Waals surface area contributed by atoms with Gasteiger partial charge in [-0.2, -0.15) is 0 Å². The lowest BCUT2D eigenvalue weighted by Gasteiger charge is -2.46. The maximum atomic E-state index is 10.5. The molecule has 0 bridgehead atoms. The molecule has 172 valence electrons. The summed E-state index contributed by atoms with van der Waals surface area (Å²) < 4.78 is 0. The zero-order chi connectivity index (χ0) is 21.4. The minimum atomic E-state index is 0.00304. The Morgan fingerprint density at radius 3 is 2.43 bits per heavy atom. The van der Waals surface area contributed by atoms with Crippen LogP contribution in [0.5, 0.6) is 0 Å². The third-order valence-electron chi connectivity index (χ3n) is 11.9. The molecule has 1 N–H and O–H groups in total. The molecule has 0 radical (unpaired) electrons. The minimum absolute atomic E-state index is 0.00304. The van der Waals surface area contributed by atoms with Gasteiger partial charge in [0.25, 0.3) is 0 Å². The van der Waals surface area contributed by atoms with E-state index in [-0.39, 0.29) is 6.10 Å². The predicted molar refractivity (Wildman–Crippen MR) is 126 cm³/mol. The molecule has 5 aliphatic rings. The van der Waals surface area contributed by atoms with Crippen molar-refractivity contribution in [3.05, 3.63) is 0 Å². The van der Waals surface area contributed by atoms with Crippen LogP contribution in [0.4, 0.5) is 0 Å². The summed E-state index contributed by atoms with van der Waals surface area (Å²) in [5.41, 5.74) is 2.50. The van der Waals surface area contributed by atoms with Crippen LogP contribution >= 0.6 is 0 Å². The molecule has 5 rings (SSSR count). The van der Waals surface area contributed by atoms with Crippen molar-refractivity contribution in [2.24, 2.45) is 51.2 Å². The summed E-state index contributed by atoms with van der Waals surface area (Å²) in [7, 11) is 0. The van der Waals surface area contributed by atoms with E-state index in [0.717, 1.165) is 42.4 Å². The van der Waals surface area contributed by atoms with E-state index >= 15 is 0 Å². The van der Waals surface area contributed by atoms with Gasteiger partial charge < -0.3 is 5.11 Å². The highest BCUT2D eigenvalue weighted by molar-refractivity contribution is 5.34. The topological polar surface area (TPSA) is 20.2 Å². The van der Waals surface area contributed by atoms with Crippen LogP contribution in [0.25, 0.3) is 0 Å². The molecule has 1 heteroatoms. The minimum Gasteiger partial charge on any atom is -0.393 e. The van der Waals surface area contributed by atoms with E-state index < -0.39 is 0 Å². The molecule has 5 fully saturated rings.